The van der Waals surface area contributed by atoms with E-state index in [0.29, 0.717) is 11.3 Å². The maximum Gasteiger partial charge on any atom is 0.0812 e. The number of hydrogen-bond donors (Lipinski definition) is 2. The van der Waals surface area contributed by atoms with Crippen LogP contribution in [0.15, 0.2) is 93.7 Å². The quantitative estimate of drug-likeness (QED) is 0.101. The smallest absolute Gasteiger partial charge is 0.0812 e. The highest BCUT2D eigenvalue weighted by Crippen LogP contribution is 2.50. The number of rotatable bonds is 13. The molecule has 1 atom stereocenters. The van der Waals surface area contributed by atoms with E-state index < -0.39 is 0 Å². The molecule has 1 aromatic carbocycles. The normalized spacial score (nSPS) is 21.6. The molecule has 0 bridgehead atoms. The number of halogens is 1. The number of anilines is 1. The largest absolute Gasteiger partial charge is 0.344 e. The van der Waals surface area contributed by atoms with Gasteiger partial charge in [-0.2, -0.15) is 29.1 Å². The van der Waals surface area contributed by atoms with E-state index in [1.54, 1.807) is 0 Å². The molecule has 2 aliphatic heterocycles. The summed E-state index contributed by atoms with van der Waals surface area (Å²) in [6, 6.07) is 6.66. The van der Waals surface area contributed by atoms with Crippen LogP contribution in [0, 0.1) is 24.7 Å². The first-order valence-corrected chi connectivity index (χ1v) is 16.2. The van der Waals surface area contributed by atoms with Gasteiger partial charge < -0.3 is 4.90 Å². The second-order valence-corrected chi connectivity index (χ2v) is 12.8. The molecule has 0 N–H and O–H groups in total. The minimum atomic E-state index is -0.327. The zero-order valence-corrected chi connectivity index (χ0v) is 27.6. The van der Waals surface area contributed by atoms with Gasteiger partial charge in [0.15, 0.2) is 0 Å². The third kappa shape index (κ3) is 7.74. The lowest BCUT2D eigenvalue weighted by Crippen LogP contribution is -2.29. The van der Waals surface area contributed by atoms with Crippen LogP contribution in [0.3, 0.4) is 0 Å². The Kier molecular flexibility index (Phi) is 12.3. The van der Waals surface area contributed by atoms with E-state index in [4.69, 9.17) is 11.4 Å². The van der Waals surface area contributed by atoms with Crippen molar-refractivity contribution in [1.82, 2.24) is 0 Å². The average molecular weight is 607 g/mol. The van der Waals surface area contributed by atoms with Crippen molar-refractivity contribution in [1.29, 1.82) is 0 Å². The summed E-state index contributed by atoms with van der Waals surface area (Å²) in [5.74, 6) is 4.58. The molecule has 2 heterocycles. The second-order valence-electron chi connectivity index (χ2n) is 11.3. The fourth-order valence-corrected chi connectivity index (χ4v) is 6.17. The molecule has 0 saturated carbocycles. The van der Waals surface area contributed by atoms with Gasteiger partial charge in [0.05, 0.1) is 17.9 Å². The Morgan fingerprint density at radius 1 is 1.12 bits per heavy atom. The van der Waals surface area contributed by atoms with Crippen molar-refractivity contribution in [2.75, 3.05) is 23.0 Å². The van der Waals surface area contributed by atoms with Crippen LogP contribution >= 0.6 is 37.4 Å². The van der Waals surface area contributed by atoms with Crippen LogP contribution in [0.25, 0.3) is 0 Å². The van der Waals surface area contributed by atoms with Crippen LogP contribution in [0.1, 0.15) is 64.5 Å². The highest BCUT2D eigenvalue weighted by atomic mass is 32.2. The van der Waals surface area contributed by atoms with Crippen molar-refractivity contribution >= 4 is 48.8 Å². The van der Waals surface area contributed by atoms with Crippen molar-refractivity contribution in [3.05, 3.63) is 99.8 Å². The molecule has 1 aromatic rings. The highest BCUT2D eigenvalue weighted by molar-refractivity contribution is 7.98. The summed E-state index contributed by atoms with van der Waals surface area (Å²) in [5, 5.41) is 0. The predicted octanol–water partition coefficient (Wildman–Crippen LogP) is 9.93. The lowest BCUT2D eigenvalue weighted by molar-refractivity contribution is 0.582. The van der Waals surface area contributed by atoms with Gasteiger partial charge in [-0.15, -0.1) is 12.3 Å². The van der Waals surface area contributed by atoms with Gasteiger partial charge in [-0.1, -0.05) is 55.8 Å². The van der Waals surface area contributed by atoms with E-state index in [1.165, 1.54) is 22.5 Å². The Morgan fingerprint density at radius 3 is 2.56 bits per heavy atom. The van der Waals surface area contributed by atoms with Crippen molar-refractivity contribution in [3.63, 3.8) is 0 Å². The number of fused-ring (bicyclic) bond motifs is 1. The molecular formula is C35H43FN2S3. The van der Waals surface area contributed by atoms with E-state index in [-0.39, 0.29) is 23.0 Å². The van der Waals surface area contributed by atoms with Crippen LogP contribution < -0.4 is 4.90 Å². The van der Waals surface area contributed by atoms with Gasteiger partial charge in [0.25, 0.3) is 0 Å². The number of terminal acetylenes is 1. The number of aliphatic imine (C=N–C) groups is 1. The van der Waals surface area contributed by atoms with E-state index in [9.17, 15) is 3.89 Å². The number of benzene rings is 1. The van der Waals surface area contributed by atoms with Gasteiger partial charge in [-0.25, -0.2) is 0 Å². The highest BCUT2D eigenvalue weighted by Gasteiger charge is 2.42. The third-order valence-electron chi connectivity index (χ3n) is 7.80. The van der Waals surface area contributed by atoms with E-state index in [1.807, 2.05) is 37.3 Å². The van der Waals surface area contributed by atoms with Crippen molar-refractivity contribution < 1.29 is 3.89 Å². The van der Waals surface area contributed by atoms with Crippen LogP contribution in [0.5, 0.6) is 0 Å². The van der Waals surface area contributed by atoms with E-state index in [2.05, 4.69) is 100 Å². The van der Waals surface area contributed by atoms with Gasteiger partial charge in [0.1, 0.15) is 0 Å². The maximum absolute atomic E-state index is 13.7. The van der Waals surface area contributed by atoms with Gasteiger partial charge in [-0.3, -0.25) is 4.99 Å². The lowest BCUT2D eigenvalue weighted by atomic mass is 9.78. The second kappa shape index (κ2) is 15.2. The predicted molar refractivity (Wildman–Crippen MR) is 187 cm³/mol. The molecule has 2 nitrogen and oxygen atoms in total. The number of hydrogen-bond acceptors (Lipinski definition) is 5. The topological polar surface area (TPSA) is 15.6 Å². The van der Waals surface area contributed by atoms with Crippen molar-refractivity contribution in [2.24, 2.45) is 10.4 Å². The summed E-state index contributed by atoms with van der Waals surface area (Å²) in [6.07, 6.45) is 25.5. The molecule has 218 valence electrons. The Morgan fingerprint density at radius 2 is 1.88 bits per heavy atom. The lowest BCUT2D eigenvalue weighted by Gasteiger charge is -2.28. The monoisotopic (exact) mass is 606 g/mol. The summed E-state index contributed by atoms with van der Waals surface area (Å²) < 4.78 is 13.7. The molecule has 0 aromatic heterocycles. The first-order chi connectivity index (χ1) is 19.6. The standard InChI is InChI=1S/C35H43FN2S3/c1-7-20-35(6)30-24-26(2)18-19-31(30)38(21-14-23-40)33(35)17-12-8-11-16-32-34(4,5)29(27(3)37-32)25-28(41-36)15-10-9-13-22-39/h1,8,10-12,15-19,24-25,39-40H,9,13-14,20-23H2,2-6H3/b12-8+,15-10+,16-11+,28-25+,33-17+. The average Bonchev–Trinajstić information content (AvgIpc) is 3.29. The number of aryl methyl sites for hydroxylation is 1. The molecule has 1 unspecified atom stereocenters. The molecule has 6 heteroatoms. The molecule has 0 amide bonds. The molecule has 0 spiro atoms. The minimum absolute atomic E-state index is 0.256. The van der Waals surface area contributed by atoms with E-state index in [0.717, 1.165) is 54.3 Å². The molecule has 0 fully saturated rings. The van der Waals surface area contributed by atoms with Gasteiger partial charge in [0, 0.05) is 45.8 Å². The first kappa shape index (κ1) is 33.2. The van der Waals surface area contributed by atoms with Crippen LogP contribution in [-0.2, 0) is 5.41 Å². The van der Waals surface area contributed by atoms with Crippen LogP contribution in [-0.4, -0.2) is 23.8 Å². The first-order valence-electron chi connectivity index (χ1n) is 14.2. The molecule has 0 radical (unpaired) electrons. The fraction of sp³-hybridized carbons (Fsp3) is 0.400. The third-order valence-corrected chi connectivity index (χ3v) is 8.86. The summed E-state index contributed by atoms with van der Waals surface area (Å²) >= 11 is 8.98. The zero-order chi connectivity index (χ0) is 30.0. The van der Waals surface area contributed by atoms with Crippen molar-refractivity contribution in [2.45, 2.75) is 65.7 Å². The molecule has 2 aliphatic rings. The fourth-order valence-electron chi connectivity index (χ4n) is 5.53. The minimum Gasteiger partial charge on any atom is -0.344 e. The van der Waals surface area contributed by atoms with Gasteiger partial charge in [0.2, 0.25) is 0 Å². The number of thiol groups is 2. The molecule has 3 rings (SSSR count). The van der Waals surface area contributed by atoms with Crippen LogP contribution in [0.4, 0.5) is 9.57 Å². The van der Waals surface area contributed by atoms with Crippen LogP contribution in [0.2, 0.25) is 0 Å². The van der Waals surface area contributed by atoms with E-state index >= 15 is 0 Å². The Bertz CT molecular complexity index is 1350. The summed E-state index contributed by atoms with van der Waals surface area (Å²) in [6.45, 7) is 11.5. The Labute approximate surface area is 262 Å². The zero-order valence-electron chi connectivity index (χ0n) is 25.0. The molecule has 0 saturated heterocycles. The SMILES string of the molecule is C#CCC1(C)\C(=C/C=C/C=C/C2=NC(C)=C(/C=C(\C=C\CCCS)SF)C2(C)C)N(CCCS)c2ccc(C)cc21. The van der Waals surface area contributed by atoms with Crippen molar-refractivity contribution in [3.8, 4) is 12.3 Å². The Hall–Kier alpha value is -2.33. The molecule has 41 heavy (non-hydrogen) atoms. The summed E-state index contributed by atoms with van der Waals surface area (Å²) in [4.78, 5) is 7.82. The number of unbranched alkanes of at least 4 members (excludes halogenated alkanes) is 1. The maximum atomic E-state index is 13.7. The van der Waals surface area contributed by atoms with Gasteiger partial charge in [-0.05, 0) is 93.0 Å². The number of nitrogens with zero attached hydrogens (tertiary/aromatic N) is 2. The summed E-state index contributed by atoms with van der Waals surface area (Å²) in [7, 11) is 0. The molecular weight excluding hydrogens is 564 g/mol. The van der Waals surface area contributed by atoms with Gasteiger partial charge >= 0.3 is 0 Å². The number of allylic oxidation sites excluding steroid dienone is 11. The Balaban J connectivity index is 1.83. The summed E-state index contributed by atoms with van der Waals surface area (Å²) in [5.41, 5.74) is 7.29. The molecule has 0 aliphatic carbocycles.